The predicted octanol–water partition coefficient (Wildman–Crippen LogP) is 3.37. The third-order valence-electron chi connectivity index (χ3n) is 3.09. The lowest BCUT2D eigenvalue weighted by Gasteiger charge is -2.20. The maximum absolute atomic E-state index is 11.9. The molecule has 0 aliphatic heterocycles. The molecule has 0 aliphatic rings. The normalized spacial score (nSPS) is 12.5. The van der Waals surface area contributed by atoms with Gasteiger partial charge in [0.15, 0.2) is 11.5 Å². The molecule has 0 aliphatic carbocycles. The topological polar surface area (TPSA) is 74.3 Å². The van der Waals surface area contributed by atoms with Crippen molar-refractivity contribution >= 4 is 26.8 Å². The van der Waals surface area contributed by atoms with E-state index in [2.05, 4.69) is 27.7 Å². The fraction of sp³-hybridized carbons (Fsp3) is 0.938. The van der Waals surface area contributed by atoms with Crippen LogP contribution >= 0.6 is 0 Å². The van der Waals surface area contributed by atoms with Crippen molar-refractivity contribution < 1.29 is 17.8 Å². The molecule has 0 rings (SSSR count). The van der Waals surface area contributed by atoms with E-state index in [0.717, 1.165) is 12.2 Å². The van der Waals surface area contributed by atoms with Crippen LogP contribution < -0.4 is 0 Å². The van der Waals surface area contributed by atoms with E-state index in [-0.39, 0.29) is 22.1 Å². The second-order valence-corrected chi connectivity index (χ2v) is 11.6. The molecule has 0 bridgehead atoms. The molecule has 4 nitrogen and oxygen atoms in total. The molecule has 0 saturated heterocycles. The highest BCUT2D eigenvalue weighted by Crippen LogP contribution is 2.20. The highest BCUT2D eigenvalue weighted by Gasteiger charge is 2.34. The van der Waals surface area contributed by atoms with Gasteiger partial charge in [-0.25, -0.2) is 8.42 Å². The summed E-state index contributed by atoms with van der Waals surface area (Å²) in [6.07, 6.45) is 1.23. The molecule has 134 valence electrons. The first-order chi connectivity index (χ1) is 9.72. The van der Waals surface area contributed by atoms with Gasteiger partial charge >= 0.3 is 0 Å². The molecule has 0 atom stereocenters. The van der Waals surface area contributed by atoms with Gasteiger partial charge in [0, 0.05) is 11.2 Å². The smallest absolute Gasteiger partial charge is 0.187 e. The molecule has 6 heteroatoms. The van der Waals surface area contributed by atoms with Crippen LogP contribution in [0.25, 0.3) is 0 Å². The van der Waals surface area contributed by atoms with E-state index < -0.39 is 10.1 Å². The van der Waals surface area contributed by atoms with Crippen molar-refractivity contribution in [1.82, 2.24) is 0 Å². The Kier molecular flexibility index (Phi) is 11.7. The van der Waals surface area contributed by atoms with Gasteiger partial charge in [-0.05, 0) is 45.0 Å². The summed E-state index contributed by atoms with van der Waals surface area (Å²) in [6.45, 7) is 16.8. The van der Waals surface area contributed by atoms with Crippen molar-refractivity contribution in [3.05, 3.63) is 0 Å². The second kappa shape index (κ2) is 10.7. The minimum Gasteiger partial charge on any atom is -0.748 e. The summed E-state index contributed by atoms with van der Waals surface area (Å²) in [4.78, 5) is 11.9. The molecule has 0 fully saturated rings. The summed E-state index contributed by atoms with van der Waals surface area (Å²) >= 11 is 0. The largest absolute Gasteiger partial charge is 0.748 e. The van der Waals surface area contributed by atoms with Crippen LogP contribution in [0, 0.1) is 5.41 Å². The summed E-state index contributed by atoms with van der Waals surface area (Å²) in [5, 5.41) is 1.25. The van der Waals surface area contributed by atoms with Gasteiger partial charge in [-0.1, -0.05) is 34.1 Å². The number of Topliss-reactive ketones (excluding diaryl/α,β-unsaturated/α-hetero) is 1. The van der Waals surface area contributed by atoms with Gasteiger partial charge < -0.3 is 4.55 Å². The first-order valence-corrected chi connectivity index (χ1v) is 11.0. The molecule has 0 spiro atoms. The SMILES string of the molecule is CC(C)[S+](CC(=O)C(C)(C)C)C(C)C.CCCCS(=O)(=O)[O-]. The van der Waals surface area contributed by atoms with Gasteiger partial charge in [-0.3, -0.25) is 4.79 Å². The van der Waals surface area contributed by atoms with Gasteiger partial charge in [0.05, 0.1) is 10.1 Å². The number of carbonyl (C=O) groups is 1. The van der Waals surface area contributed by atoms with Crippen LogP contribution in [-0.2, 0) is 25.8 Å². The number of hydrogen-bond acceptors (Lipinski definition) is 4. The van der Waals surface area contributed by atoms with Gasteiger partial charge in [0.25, 0.3) is 0 Å². The van der Waals surface area contributed by atoms with Crippen molar-refractivity contribution in [2.45, 2.75) is 78.7 Å². The molecule has 0 radical (unpaired) electrons. The first kappa shape index (κ1) is 24.2. The van der Waals surface area contributed by atoms with E-state index in [1.54, 1.807) is 0 Å². The highest BCUT2D eigenvalue weighted by molar-refractivity contribution is 7.98. The zero-order valence-electron chi connectivity index (χ0n) is 15.4. The van der Waals surface area contributed by atoms with Crippen molar-refractivity contribution in [2.24, 2.45) is 5.41 Å². The van der Waals surface area contributed by atoms with Crippen LogP contribution in [0.1, 0.15) is 68.2 Å². The average Bonchev–Trinajstić information content (AvgIpc) is 2.30. The number of hydrogen-bond donors (Lipinski definition) is 0. The zero-order valence-corrected chi connectivity index (χ0v) is 17.1. The number of rotatable bonds is 7. The monoisotopic (exact) mass is 354 g/mol. The minimum absolute atomic E-state index is 0.172. The standard InChI is InChI=1S/C12H25OS.C4H10O3S/c1-9(2)14(10(3)4)8-11(13)12(5,6)7;1-2-3-4-8(5,6)7/h9-10H,8H2,1-7H3;2-4H2,1H3,(H,5,6,7)/q+1;/p-1. The van der Waals surface area contributed by atoms with Crippen molar-refractivity contribution in [2.75, 3.05) is 11.5 Å². The second-order valence-electron chi connectivity index (χ2n) is 7.00. The van der Waals surface area contributed by atoms with Crippen LogP contribution in [0.15, 0.2) is 0 Å². The summed E-state index contributed by atoms with van der Waals surface area (Å²) in [7, 11) is -3.69. The molecule has 0 unspecified atom stereocenters. The summed E-state index contributed by atoms with van der Waals surface area (Å²) in [5.74, 6) is 0.950. The number of ketones is 1. The van der Waals surface area contributed by atoms with Gasteiger partial charge in [-0.2, -0.15) is 0 Å². The molecule has 0 aromatic rings. The van der Waals surface area contributed by atoms with Crippen LogP contribution in [-0.4, -0.2) is 40.8 Å². The molecule has 0 aromatic heterocycles. The van der Waals surface area contributed by atoms with Crippen LogP contribution in [0.3, 0.4) is 0 Å². The maximum Gasteiger partial charge on any atom is 0.187 e. The fourth-order valence-electron chi connectivity index (χ4n) is 1.57. The number of carbonyl (C=O) groups excluding carboxylic acids is 1. The Bertz CT molecular complexity index is 398. The lowest BCUT2D eigenvalue weighted by Crippen LogP contribution is -2.36. The Morgan fingerprint density at radius 2 is 1.50 bits per heavy atom. The van der Waals surface area contributed by atoms with Crippen LogP contribution in [0.5, 0.6) is 0 Å². The van der Waals surface area contributed by atoms with E-state index in [1.807, 2.05) is 27.7 Å². The summed E-state index contributed by atoms with van der Waals surface area (Å²) in [5.41, 5.74) is -0.172. The Balaban J connectivity index is 0. The molecule has 0 N–H and O–H groups in total. The Hall–Kier alpha value is -0.0700. The molecule has 0 aromatic carbocycles. The predicted molar refractivity (Wildman–Crippen MR) is 96.4 cm³/mol. The molecule has 22 heavy (non-hydrogen) atoms. The summed E-state index contributed by atoms with van der Waals surface area (Å²) < 4.78 is 29.5. The molecular weight excluding hydrogens is 320 g/mol. The maximum atomic E-state index is 11.9. The molecule has 0 amide bonds. The number of unbranched alkanes of at least 4 members (excludes halogenated alkanes) is 1. The first-order valence-electron chi connectivity index (χ1n) is 7.87. The Morgan fingerprint density at radius 3 is 1.68 bits per heavy atom. The van der Waals surface area contributed by atoms with Crippen molar-refractivity contribution in [3.8, 4) is 0 Å². The molecule has 0 heterocycles. The fourth-order valence-corrected chi connectivity index (χ4v) is 4.70. The Morgan fingerprint density at radius 1 is 1.09 bits per heavy atom. The zero-order chi connectivity index (χ0) is 18.1. The van der Waals surface area contributed by atoms with E-state index in [9.17, 15) is 17.8 Å². The quantitative estimate of drug-likeness (QED) is 0.519. The lowest BCUT2D eigenvalue weighted by molar-refractivity contribution is -0.123. The van der Waals surface area contributed by atoms with Crippen LogP contribution in [0.2, 0.25) is 0 Å². The minimum atomic E-state index is -3.94. The van der Waals surface area contributed by atoms with E-state index >= 15 is 0 Å². The van der Waals surface area contributed by atoms with E-state index in [1.165, 1.54) is 0 Å². The highest BCUT2D eigenvalue weighted by atomic mass is 32.2. The molecular formula is C16H34O4S2. The van der Waals surface area contributed by atoms with Crippen LogP contribution in [0.4, 0.5) is 0 Å². The van der Waals surface area contributed by atoms with Gasteiger partial charge in [0.1, 0.15) is 10.5 Å². The van der Waals surface area contributed by atoms with Gasteiger partial charge in [-0.15, -0.1) is 0 Å². The third-order valence-corrected chi connectivity index (χ3v) is 6.90. The van der Waals surface area contributed by atoms with E-state index in [0.29, 0.717) is 22.7 Å². The summed E-state index contributed by atoms with van der Waals surface area (Å²) in [6, 6.07) is 0. The van der Waals surface area contributed by atoms with Crippen molar-refractivity contribution in [1.29, 1.82) is 0 Å². The van der Waals surface area contributed by atoms with E-state index in [4.69, 9.17) is 0 Å². The van der Waals surface area contributed by atoms with Gasteiger partial charge in [0.2, 0.25) is 0 Å². The Labute approximate surface area is 140 Å². The third kappa shape index (κ3) is 13.6. The molecule has 0 saturated carbocycles. The lowest BCUT2D eigenvalue weighted by atomic mass is 9.92. The average molecular weight is 355 g/mol. The van der Waals surface area contributed by atoms with Crippen molar-refractivity contribution in [3.63, 3.8) is 0 Å².